The Kier molecular flexibility index (Phi) is 21.3. The number of carbonyl (C=O) groups is 4. The first-order valence-electron chi connectivity index (χ1n) is 24.6. The van der Waals surface area contributed by atoms with E-state index in [1.54, 1.807) is 64.1 Å². The number of methoxy groups -OCH3 is 2. The van der Waals surface area contributed by atoms with Crippen LogP contribution in [0.4, 0.5) is 18.4 Å². The number of oxazole rings is 2. The van der Waals surface area contributed by atoms with E-state index in [4.69, 9.17) is 39.4 Å². The van der Waals surface area contributed by atoms with Gasteiger partial charge in [-0.1, -0.05) is 60.7 Å². The highest BCUT2D eigenvalue weighted by molar-refractivity contribution is 6.17. The molecular formula is C60H59ClF2N4O12. The average Bonchev–Trinajstić information content (AvgIpc) is 4.04. The van der Waals surface area contributed by atoms with Crippen molar-refractivity contribution < 1.29 is 65.6 Å². The molecule has 79 heavy (non-hydrogen) atoms. The van der Waals surface area contributed by atoms with E-state index < -0.39 is 47.8 Å². The number of benzene rings is 6. The molecule has 16 nitrogen and oxygen atoms in total. The largest absolute Gasteiger partial charge is 0.508 e. The predicted octanol–water partition coefficient (Wildman–Crippen LogP) is 13.4. The van der Waals surface area contributed by atoms with E-state index in [0.29, 0.717) is 51.6 Å². The van der Waals surface area contributed by atoms with Gasteiger partial charge in [0.25, 0.3) is 0 Å². The second-order valence-electron chi connectivity index (χ2n) is 17.7. The van der Waals surface area contributed by atoms with E-state index in [1.807, 2.05) is 74.5 Å². The number of phenols is 1. The van der Waals surface area contributed by atoms with E-state index >= 15 is 0 Å². The molecule has 412 valence electrons. The highest BCUT2D eigenvalue weighted by Crippen LogP contribution is 2.29. The van der Waals surface area contributed by atoms with Gasteiger partial charge >= 0.3 is 24.1 Å². The molecule has 0 radical (unpaired) electrons. The molecule has 8 aromatic rings. The molecule has 2 amide bonds. The number of carbonyl (C=O) groups excluding carboxylic acids is 4. The highest BCUT2D eigenvalue weighted by atomic mass is 35.5. The van der Waals surface area contributed by atoms with Crippen molar-refractivity contribution in [3.8, 4) is 45.9 Å². The zero-order chi connectivity index (χ0) is 57.2. The van der Waals surface area contributed by atoms with Crippen LogP contribution in [0.2, 0.25) is 0 Å². The van der Waals surface area contributed by atoms with Crippen LogP contribution < -0.4 is 14.2 Å². The summed E-state index contributed by atoms with van der Waals surface area (Å²) >= 11 is 5.71. The quantitative estimate of drug-likeness (QED) is 0.0709. The number of esters is 2. The molecule has 1 N–H and O–H groups in total. The van der Waals surface area contributed by atoms with Crippen LogP contribution in [0.5, 0.6) is 23.0 Å². The lowest BCUT2D eigenvalue weighted by atomic mass is 10.1. The molecule has 2 aromatic heterocycles. The van der Waals surface area contributed by atoms with Crippen molar-refractivity contribution in [2.24, 2.45) is 0 Å². The Hall–Kier alpha value is -9.03. The van der Waals surface area contributed by atoms with Crippen LogP contribution in [0.1, 0.15) is 71.1 Å². The number of hydrogen-bond acceptors (Lipinski definition) is 14. The first-order valence-corrected chi connectivity index (χ1v) is 25.1. The van der Waals surface area contributed by atoms with Crippen molar-refractivity contribution >= 4 is 35.7 Å². The number of amides is 2. The maximum absolute atomic E-state index is 13.6. The van der Waals surface area contributed by atoms with Gasteiger partial charge in [0.05, 0.1) is 37.9 Å². The minimum Gasteiger partial charge on any atom is -0.508 e. The molecule has 0 aliphatic rings. The third kappa shape index (κ3) is 16.7. The maximum Gasteiger partial charge on any atom is 0.416 e. The first-order chi connectivity index (χ1) is 37.9. The van der Waals surface area contributed by atoms with Crippen molar-refractivity contribution in [2.45, 2.75) is 66.1 Å². The molecule has 8 rings (SSSR count). The van der Waals surface area contributed by atoms with Crippen LogP contribution in [-0.4, -0.2) is 76.3 Å². The van der Waals surface area contributed by atoms with Crippen molar-refractivity contribution in [3.63, 3.8) is 0 Å². The van der Waals surface area contributed by atoms with Crippen LogP contribution in [-0.2, 0) is 31.5 Å². The van der Waals surface area contributed by atoms with Gasteiger partial charge in [0.2, 0.25) is 11.8 Å². The van der Waals surface area contributed by atoms with Crippen molar-refractivity contribution in [1.29, 1.82) is 0 Å². The van der Waals surface area contributed by atoms with Crippen molar-refractivity contribution in [2.75, 3.05) is 27.3 Å². The van der Waals surface area contributed by atoms with Gasteiger partial charge in [-0.3, -0.25) is 19.4 Å². The Morgan fingerprint density at radius 3 is 1.35 bits per heavy atom. The van der Waals surface area contributed by atoms with Gasteiger partial charge in [-0.25, -0.2) is 28.3 Å². The lowest BCUT2D eigenvalue weighted by Gasteiger charge is -2.28. The summed E-state index contributed by atoms with van der Waals surface area (Å²) in [6.45, 7) is 9.88. The molecule has 2 heterocycles. The Morgan fingerprint density at radius 1 is 0.570 bits per heavy atom. The normalized spacial score (nSPS) is 11.3. The number of nitrogens with zero attached hydrogens (tertiary/aromatic N) is 4. The van der Waals surface area contributed by atoms with E-state index in [9.17, 15) is 33.1 Å². The maximum atomic E-state index is 13.6. The van der Waals surface area contributed by atoms with Gasteiger partial charge in [0.1, 0.15) is 71.5 Å². The number of ether oxygens (including phenoxy) is 5. The van der Waals surface area contributed by atoms with Gasteiger partial charge in [-0.2, -0.15) is 0 Å². The molecule has 2 atom stereocenters. The number of rotatable bonds is 16. The van der Waals surface area contributed by atoms with Crippen LogP contribution in [0, 0.1) is 39.3 Å². The average molecular weight is 1100 g/mol. The summed E-state index contributed by atoms with van der Waals surface area (Å²) in [7, 11) is 2.46. The third-order valence-corrected chi connectivity index (χ3v) is 12.4. The fourth-order valence-electron chi connectivity index (χ4n) is 7.44. The van der Waals surface area contributed by atoms with Gasteiger partial charge in [0.15, 0.2) is 0 Å². The fraction of sp³-hybridized carbons (Fsp3) is 0.233. The van der Waals surface area contributed by atoms with Crippen LogP contribution in [0.25, 0.3) is 22.9 Å². The summed E-state index contributed by atoms with van der Waals surface area (Å²) in [4.78, 5) is 60.6. The van der Waals surface area contributed by atoms with E-state index in [0.717, 1.165) is 28.1 Å². The summed E-state index contributed by atoms with van der Waals surface area (Å²) in [6, 6.07) is 39.6. The predicted molar refractivity (Wildman–Crippen MR) is 290 cm³/mol. The topological polar surface area (TPSA) is 193 Å². The molecule has 0 fully saturated rings. The second-order valence-corrected chi connectivity index (χ2v) is 17.9. The Labute approximate surface area is 461 Å². The Morgan fingerprint density at radius 2 is 0.962 bits per heavy atom. The highest BCUT2D eigenvalue weighted by Gasteiger charge is 2.28. The monoisotopic (exact) mass is 1100 g/mol. The lowest BCUT2D eigenvalue weighted by Crippen LogP contribution is -2.40. The van der Waals surface area contributed by atoms with Gasteiger partial charge in [-0.05, 0) is 149 Å². The number of phenolic OH excluding ortho intramolecular Hbond substituents is 1. The molecule has 0 aliphatic heterocycles. The minimum absolute atomic E-state index is 0.0878. The Bertz CT molecular complexity index is 3300. The summed E-state index contributed by atoms with van der Waals surface area (Å²) in [5, 5.41) is 9.40. The SMILES string of the molecule is COC(=O)CN(C(=O)Oc1ccc(F)c(C)c1)[C@@H](C)c1ccc(O)cc1.COC(=O)CN(C(=O)Oc1ccc(F)c(C)c1)[C@@H](C)c1ccc(OCc2nc(-c3ccccc3)oc2C)cc1.Cc1oc(-c2ccccc2)nc1CCl. The van der Waals surface area contributed by atoms with Crippen LogP contribution in [0.15, 0.2) is 154 Å². The summed E-state index contributed by atoms with van der Waals surface area (Å²) in [5.74, 6) is 2.01. The molecule has 0 spiro atoms. The van der Waals surface area contributed by atoms with Gasteiger partial charge in [0, 0.05) is 11.1 Å². The Balaban J connectivity index is 0.000000215. The third-order valence-electron chi connectivity index (χ3n) is 12.2. The van der Waals surface area contributed by atoms with E-state index in [-0.39, 0.29) is 36.9 Å². The number of aromatic nitrogens is 2. The zero-order valence-corrected chi connectivity index (χ0v) is 45.5. The van der Waals surface area contributed by atoms with Crippen LogP contribution >= 0.6 is 11.6 Å². The smallest absolute Gasteiger partial charge is 0.416 e. The molecule has 0 unspecified atom stereocenters. The number of aromatic hydroxyl groups is 1. The van der Waals surface area contributed by atoms with Gasteiger partial charge in [-0.15, -0.1) is 11.6 Å². The molecule has 0 aliphatic carbocycles. The summed E-state index contributed by atoms with van der Waals surface area (Å²) in [5.41, 5.74) is 5.46. The molecule has 19 heteroatoms. The van der Waals surface area contributed by atoms with Gasteiger partial charge < -0.3 is 37.6 Å². The number of aryl methyl sites for hydroxylation is 4. The van der Waals surface area contributed by atoms with E-state index in [2.05, 4.69) is 14.7 Å². The standard InChI is InChI=1S/C30H29FN2O6.C19H20FNO5.C11H10ClNO/c1-19-16-25(14-15-26(19)31)39-30(35)33(17-28(34)36-4)20(2)22-10-12-24(13-11-22)37-18-27-21(3)38-29(32-27)23-8-6-5-7-9-23;1-12-10-16(8-9-17(12)20)26-19(24)21(11-18(23)25-3)13(2)14-4-6-15(22)7-5-14;1-8-10(7-12)13-11(14-8)9-5-3-2-4-6-9/h5-16,20H,17-18H2,1-4H3;4-10,13,22H,11H2,1-3H3;2-6H,7H2,1H3/t20-;13-;/m00./s1. The van der Waals surface area contributed by atoms with Crippen LogP contribution in [0.3, 0.4) is 0 Å². The van der Waals surface area contributed by atoms with Crippen molar-refractivity contribution in [1.82, 2.24) is 19.8 Å². The lowest BCUT2D eigenvalue weighted by molar-refractivity contribution is -0.142. The molecule has 0 saturated heterocycles. The molecule has 0 bridgehead atoms. The molecule has 0 saturated carbocycles. The number of hydrogen-bond donors (Lipinski definition) is 1. The zero-order valence-electron chi connectivity index (χ0n) is 44.7. The number of alkyl halides is 1. The molecule has 6 aromatic carbocycles. The summed E-state index contributed by atoms with van der Waals surface area (Å²) in [6.07, 6.45) is -1.54. The summed E-state index contributed by atoms with van der Waals surface area (Å²) < 4.78 is 64.3. The minimum atomic E-state index is -0.776. The number of halogens is 3. The fourth-order valence-corrected chi connectivity index (χ4v) is 7.68. The van der Waals surface area contributed by atoms with E-state index in [1.165, 1.54) is 72.6 Å². The first kappa shape index (κ1) is 59.2. The molecular weight excluding hydrogens is 1040 g/mol. The second kappa shape index (κ2) is 28.4. The van der Waals surface area contributed by atoms with Crippen molar-refractivity contribution in [3.05, 3.63) is 202 Å².